The summed E-state index contributed by atoms with van der Waals surface area (Å²) in [5, 5.41) is 3.31. The van der Waals surface area contributed by atoms with Gasteiger partial charge in [0, 0.05) is 28.4 Å². The Morgan fingerprint density at radius 1 is 0.972 bits per heavy atom. The monoisotopic (exact) mass is 489 g/mol. The predicted molar refractivity (Wildman–Crippen MR) is 134 cm³/mol. The van der Waals surface area contributed by atoms with E-state index in [1.165, 1.54) is 0 Å². The molecular formula is C29H31NO6. The Balaban J connectivity index is 1.93. The Morgan fingerprint density at radius 2 is 1.64 bits per heavy atom. The maximum Gasteiger partial charge on any atom is 0.336 e. The van der Waals surface area contributed by atoms with Gasteiger partial charge in [-0.15, -0.1) is 0 Å². The third-order valence-corrected chi connectivity index (χ3v) is 6.73. The Labute approximate surface area is 211 Å². The van der Waals surface area contributed by atoms with Gasteiger partial charge in [-0.3, -0.25) is 9.59 Å². The number of carbonyl (C=O) groups excluding carboxylic acids is 3. The SMILES string of the molecule is CCOC(=O)C1=C(C)NC2=C(C(=O)[C@H](C(=O)OCC)[C@H](c3ccccc3)C2)[C@H]1c1ccccc1OC. The fourth-order valence-electron chi connectivity index (χ4n) is 5.25. The molecule has 36 heavy (non-hydrogen) atoms. The van der Waals surface area contributed by atoms with Gasteiger partial charge in [0.05, 0.1) is 31.8 Å². The summed E-state index contributed by atoms with van der Waals surface area (Å²) in [4.78, 5) is 40.7. The quantitative estimate of drug-likeness (QED) is 0.455. The Bertz CT molecular complexity index is 1230. The zero-order valence-corrected chi connectivity index (χ0v) is 21.0. The Morgan fingerprint density at radius 3 is 2.31 bits per heavy atom. The van der Waals surface area contributed by atoms with Crippen LogP contribution in [0.5, 0.6) is 5.75 Å². The highest BCUT2D eigenvalue weighted by molar-refractivity contribution is 6.13. The average molecular weight is 490 g/mol. The number of allylic oxidation sites excluding steroid dienone is 3. The van der Waals surface area contributed by atoms with Gasteiger partial charge in [-0.2, -0.15) is 0 Å². The van der Waals surface area contributed by atoms with Crippen LogP contribution in [-0.2, 0) is 23.9 Å². The number of dihydropyridines is 1. The molecule has 1 aliphatic heterocycles. The number of ketones is 1. The van der Waals surface area contributed by atoms with Crippen molar-refractivity contribution in [2.24, 2.45) is 5.92 Å². The van der Waals surface area contributed by atoms with Crippen molar-refractivity contribution >= 4 is 17.7 Å². The molecule has 1 heterocycles. The lowest BCUT2D eigenvalue weighted by Gasteiger charge is -2.39. The van der Waals surface area contributed by atoms with Crippen molar-refractivity contribution in [3.8, 4) is 5.75 Å². The number of benzene rings is 2. The molecule has 3 atom stereocenters. The van der Waals surface area contributed by atoms with Crippen LogP contribution in [0, 0.1) is 5.92 Å². The number of methoxy groups -OCH3 is 1. The third kappa shape index (κ3) is 4.53. The van der Waals surface area contributed by atoms with Gasteiger partial charge < -0.3 is 19.5 Å². The first-order valence-electron chi connectivity index (χ1n) is 12.2. The lowest BCUT2D eigenvalue weighted by molar-refractivity contribution is -0.152. The first-order valence-corrected chi connectivity index (χ1v) is 12.2. The normalized spacial score (nSPS) is 21.4. The highest BCUT2D eigenvalue weighted by Gasteiger charge is 2.49. The van der Waals surface area contributed by atoms with Gasteiger partial charge in [-0.25, -0.2) is 4.79 Å². The summed E-state index contributed by atoms with van der Waals surface area (Å²) in [5.74, 6) is -3.09. The number of hydrogen-bond donors (Lipinski definition) is 1. The Hall–Kier alpha value is -3.87. The zero-order valence-electron chi connectivity index (χ0n) is 21.0. The molecule has 0 radical (unpaired) electrons. The Kier molecular flexibility index (Phi) is 7.58. The van der Waals surface area contributed by atoms with Gasteiger partial charge in [0.15, 0.2) is 5.78 Å². The van der Waals surface area contributed by atoms with Gasteiger partial charge >= 0.3 is 11.9 Å². The van der Waals surface area contributed by atoms with Crippen molar-refractivity contribution in [3.05, 3.63) is 88.3 Å². The second-order valence-corrected chi connectivity index (χ2v) is 8.77. The lowest BCUT2D eigenvalue weighted by atomic mass is 9.67. The van der Waals surface area contributed by atoms with Crippen LogP contribution in [-0.4, -0.2) is 38.0 Å². The van der Waals surface area contributed by atoms with Crippen LogP contribution in [0.3, 0.4) is 0 Å². The van der Waals surface area contributed by atoms with Crippen molar-refractivity contribution in [2.45, 2.75) is 39.0 Å². The molecule has 0 unspecified atom stereocenters. The van der Waals surface area contributed by atoms with Crippen LogP contribution in [0.2, 0.25) is 0 Å². The maximum atomic E-state index is 14.3. The molecule has 2 aliphatic rings. The highest BCUT2D eigenvalue weighted by Crippen LogP contribution is 2.49. The zero-order chi connectivity index (χ0) is 25.8. The summed E-state index contributed by atoms with van der Waals surface area (Å²) in [5.41, 5.74) is 3.54. The van der Waals surface area contributed by atoms with E-state index in [-0.39, 0.29) is 19.0 Å². The molecular weight excluding hydrogens is 458 g/mol. The molecule has 0 saturated carbocycles. The summed E-state index contributed by atoms with van der Waals surface area (Å²) >= 11 is 0. The number of nitrogens with one attached hydrogen (secondary N) is 1. The average Bonchev–Trinajstić information content (AvgIpc) is 2.88. The van der Waals surface area contributed by atoms with Crippen LogP contribution < -0.4 is 10.1 Å². The van der Waals surface area contributed by atoms with Gasteiger partial charge in [0.1, 0.15) is 11.7 Å². The van der Waals surface area contributed by atoms with Gasteiger partial charge in [0.25, 0.3) is 0 Å². The van der Waals surface area contributed by atoms with Crippen LogP contribution >= 0.6 is 0 Å². The number of hydrogen-bond acceptors (Lipinski definition) is 7. The van der Waals surface area contributed by atoms with Crippen LogP contribution in [0.15, 0.2) is 77.1 Å². The number of Topliss-reactive ketones (excluding diaryl/α,β-unsaturated/α-hetero) is 1. The molecule has 0 spiro atoms. The van der Waals surface area contributed by atoms with E-state index in [0.717, 1.165) is 5.56 Å². The van der Waals surface area contributed by atoms with E-state index in [9.17, 15) is 14.4 Å². The van der Waals surface area contributed by atoms with E-state index in [1.807, 2.05) is 48.5 Å². The molecule has 0 bridgehead atoms. The number of carbonyl (C=O) groups is 3. The minimum absolute atomic E-state index is 0.164. The summed E-state index contributed by atoms with van der Waals surface area (Å²) in [6.45, 7) is 5.61. The minimum Gasteiger partial charge on any atom is -0.496 e. The van der Waals surface area contributed by atoms with E-state index in [0.29, 0.717) is 40.3 Å². The molecule has 0 saturated heterocycles. The summed E-state index contributed by atoms with van der Waals surface area (Å²) in [6, 6.07) is 16.8. The molecule has 0 amide bonds. The van der Waals surface area contributed by atoms with Crippen LogP contribution in [0.4, 0.5) is 0 Å². The molecule has 2 aromatic carbocycles. The van der Waals surface area contributed by atoms with E-state index in [2.05, 4.69) is 5.32 Å². The fourth-order valence-corrected chi connectivity index (χ4v) is 5.25. The number of esters is 2. The lowest BCUT2D eigenvalue weighted by Crippen LogP contribution is -2.43. The molecule has 0 aromatic heterocycles. The van der Waals surface area contributed by atoms with Crippen molar-refractivity contribution in [1.82, 2.24) is 5.32 Å². The molecule has 7 heteroatoms. The molecule has 2 aromatic rings. The van der Waals surface area contributed by atoms with E-state index in [1.54, 1.807) is 33.9 Å². The number of rotatable bonds is 7. The minimum atomic E-state index is -1.04. The highest BCUT2D eigenvalue weighted by atomic mass is 16.5. The smallest absolute Gasteiger partial charge is 0.336 e. The van der Waals surface area contributed by atoms with E-state index < -0.39 is 29.7 Å². The van der Waals surface area contributed by atoms with E-state index >= 15 is 0 Å². The number of ether oxygens (including phenoxy) is 3. The predicted octanol–water partition coefficient (Wildman–Crippen LogP) is 4.41. The molecule has 1 N–H and O–H groups in total. The molecule has 0 fully saturated rings. The topological polar surface area (TPSA) is 90.9 Å². The molecule has 188 valence electrons. The van der Waals surface area contributed by atoms with Crippen molar-refractivity contribution in [2.75, 3.05) is 20.3 Å². The number of para-hydroxylation sites is 1. The second kappa shape index (κ2) is 10.8. The van der Waals surface area contributed by atoms with E-state index in [4.69, 9.17) is 14.2 Å². The summed E-state index contributed by atoms with van der Waals surface area (Å²) in [6.07, 6.45) is 0.410. The van der Waals surface area contributed by atoms with Crippen molar-refractivity contribution < 1.29 is 28.6 Å². The first kappa shape index (κ1) is 25.2. The van der Waals surface area contributed by atoms with Crippen LogP contribution in [0.1, 0.15) is 50.2 Å². The fraction of sp³-hybridized carbons (Fsp3) is 0.345. The van der Waals surface area contributed by atoms with Crippen molar-refractivity contribution in [3.63, 3.8) is 0 Å². The third-order valence-electron chi connectivity index (χ3n) is 6.73. The maximum absolute atomic E-state index is 14.3. The molecule has 7 nitrogen and oxygen atoms in total. The summed E-state index contributed by atoms with van der Waals surface area (Å²) in [7, 11) is 1.55. The van der Waals surface area contributed by atoms with Gasteiger partial charge in [0.2, 0.25) is 0 Å². The second-order valence-electron chi connectivity index (χ2n) is 8.77. The summed E-state index contributed by atoms with van der Waals surface area (Å²) < 4.78 is 16.4. The standard InChI is InChI=1S/C29H31NO6/c1-5-35-28(32)23-17(3)30-21-16-20(18-12-8-7-9-13-18)25(29(33)36-6-2)27(31)26(21)24(23)19-14-10-11-15-22(19)34-4/h7-15,20,24-25,30H,5-6,16H2,1-4H3/t20-,24-,25+/m0/s1. The van der Waals surface area contributed by atoms with Gasteiger partial charge in [-0.1, -0.05) is 48.5 Å². The van der Waals surface area contributed by atoms with Crippen molar-refractivity contribution in [1.29, 1.82) is 0 Å². The molecule has 1 aliphatic carbocycles. The first-order chi connectivity index (χ1) is 17.4. The molecule has 4 rings (SSSR count). The van der Waals surface area contributed by atoms with Crippen LogP contribution in [0.25, 0.3) is 0 Å². The largest absolute Gasteiger partial charge is 0.496 e. The van der Waals surface area contributed by atoms with Gasteiger partial charge in [-0.05, 0) is 38.8 Å².